The Morgan fingerprint density at radius 2 is 0.964 bits per heavy atom. The smallest absolute Gasteiger partial charge is 0.291 e. The molecule has 3 aromatic carbocycles. The zero-order chi connectivity index (χ0) is 19.2. The molecule has 0 aliphatic rings. The summed E-state index contributed by atoms with van der Waals surface area (Å²) in [7, 11) is 0. The van der Waals surface area contributed by atoms with Gasteiger partial charge in [-0.2, -0.15) is 0 Å². The van der Waals surface area contributed by atoms with Crippen molar-refractivity contribution in [2.75, 3.05) is 11.5 Å². The maximum Gasteiger partial charge on any atom is 0.329 e. The predicted octanol–water partition coefficient (Wildman–Crippen LogP) is 5.39. The van der Waals surface area contributed by atoms with Gasteiger partial charge in [-0.05, 0) is 36.4 Å². The molecule has 0 unspecified atom stereocenters. The molecule has 1 aromatic heterocycles. The third-order valence-electron chi connectivity index (χ3n) is 4.58. The lowest BCUT2D eigenvalue weighted by Gasteiger charge is -2.04. The van der Waals surface area contributed by atoms with Crippen molar-refractivity contribution < 1.29 is 0 Å². The maximum atomic E-state index is 13.1. The lowest BCUT2D eigenvalue weighted by molar-refractivity contribution is 0.678. The van der Waals surface area contributed by atoms with Crippen LogP contribution in [0.15, 0.2) is 99.5 Å². The number of hydrogen-bond donors (Lipinski definition) is 0. The second-order valence-corrected chi connectivity index (χ2v) is 8.73. The predicted molar refractivity (Wildman–Crippen MR) is 121 cm³/mol. The highest BCUT2D eigenvalue weighted by atomic mass is 32.2. The maximum absolute atomic E-state index is 13.1. The van der Waals surface area contributed by atoms with Gasteiger partial charge in [0.2, 0.25) is 0 Å². The first-order valence-corrected chi connectivity index (χ1v) is 11.3. The highest BCUT2D eigenvalue weighted by molar-refractivity contribution is 7.99. The topological polar surface area (TPSA) is 26.9 Å². The summed E-state index contributed by atoms with van der Waals surface area (Å²) in [5, 5.41) is 0. The van der Waals surface area contributed by atoms with Gasteiger partial charge in [-0.3, -0.25) is 9.13 Å². The van der Waals surface area contributed by atoms with Crippen LogP contribution in [0, 0.1) is 0 Å². The van der Waals surface area contributed by atoms with Crippen molar-refractivity contribution >= 4 is 34.6 Å². The normalized spacial score (nSPS) is 11.1. The molecule has 0 N–H and O–H groups in total. The quantitative estimate of drug-likeness (QED) is 0.367. The fraction of sp³-hybridized carbons (Fsp3) is 0.174. The largest absolute Gasteiger partial charge is 0.329 e. The fourth-order valence-corrected chi connectivity index (χ4v) is 4.97. The highest BCUT2D eigenvalue weighted by Gasteiger charge is 2.12. The van der Waals surface area contributed by atoms with E-state index in [1.54, 1.807) is 23.5 Å². The second-order valence-electron chi connectivity index (χ2n) is 6.40. The Morgan fingerprint density at radius 1 is 0.571 bits per heavy atom. The molecule has 0 saturated carbocycles. The molecule has 0 fully saturated rings. The SMILES string of the molecule is O=c1n(CCSc2ccccc2)c2ccccc2n1CCSc1ccccc1. The number of nitrogens with zero attached hydrogens (tertiary/aromatic N) is 2. The van der Waals surface area contributed by atoms with Crippen LogP contribution in [-0.2, 0) is 13.1 Å². The van der Waals surface area contributed by atoms with Gasteiger partial charge in [0.25, 0.3) is 0 Å². The van der Waals surface area contributed by atoms with E-state index in [2.05, 4.69) is 24.3 Å². The Morgan fingerprint density at radius 3 is 1.39 bits per heavy atom. The van der Waals surface area contributed by atoms with Gasteiger partial charge in [0.15, 0.2) is 0 Å². The molecule has 0 radical (unpaired) electrons. The molecule has 3 nitrogen and oxygen atoms in total. The minimum atomic E-state index is 0.0866. The van der Waals surface area contributed by atoms with Gasteiger partial charge in [0, 0.05) is 34.4 Å². The van der Waals surface area contributed by atoms with E-state index in [0.717, 1.165) is 22.5 Å². The molecule has 0 spiro atoms. The molecule has 5 heteroatoms. The van der Waals surface area contributed by atoms with Crippen LogP contribution in [0.2, 0.25) is 0 Å². The van der Waals surface area contributed by atoms with E-state index >= 15 is 0 Å². The van der Waals surface area contributed by atoms with Crippen LogP contribution in [-0.4, -0.2) is 20.6 Å². The van der Waals surface area contributed by atoms with E-state index in [0.29, 0.717) is 13.1 Å². The van der Waals surface area contributed by atoms with Crippen LogP contribution in [0.5, 0.6) is 0 Å². The summed E-state index contributed by atoms with van der Waals surface area (Å²) in [5.41, 5.74) is 2.13. The van der Waals surface area contributed by atoms with E-state index in [1.165, 1.54) is 9.79 Å². The van der Waals surface area contributed by atoms with Crippen LogP contribution in [0.3, 0.4) is 0 Å². The molecule has 0 saturated heterocycles. The van der Waals surface area contributed by atoms with Crippen molar-refractivity contribution in [3.63, 3.8) is 0 Å². The fourth-order valence-electron chi connectivity index (χ4n) is 3.25. The second kappa shape index (κ2) is 9.22. The zero-order valence-electron chi connectivity index (χ0n) is 15.5. The number of imidazole rings is 1. The number of aryl methyl sites for hydroxylation is 2. The van der Waals surface area contributed by atoms with Gasteiger partial charge in [0.05, 0.1) is 11.0 Å². The molecule has 0 aliphatic heterocycles. The first kappa shape index (κ1) is 19.0. The Hall–Kier alpha value is -2.37. The van der Waals surface area contributed by atoms with E-state index in [1.807, 2.05) is 69.8 Å². The third-order valence-corrected chi connectivity index (χ3v) is 6.56. The molecule has 28 heavy (non-hydrogen) atoms. The van der Waals surface area contributed by atoms with Crippen molar-refractivity contribution in [3.8, 4) is 0 Å². The highest BCUT2D eigenvalue weighted by Crippen LogP contribution is 2.20. The Bertz CT molecular complexity index is 1000. The van der Waals surface area contributed by atoms with Crippen molar-refractivity contribution in [3.05, 3.63) is 95.4 Å². The van der Waals surface area contributed by atoms with E-state index in [4.69, 9.17) is 0 Å². The van der Waals surface area contributed by atoms with Gasteiger partial charge in [-0.15, -0.1) is 23.5 Å². The van der Waals surface area contributed by atoms with Crippen molar-refractivity contribution in [2.45, 2.75) is 22.9 Å². The van der Waals surface area contributed by atoms with Gasteiger partial charge < -0.3 is 0 Å². The van der Waals surface area contributed by atoms with E-state index < -0.39 is 0 Å². The average Bonchev–Trinajstić information content (AvgIpc) is 3.01. The van der Waals surface area contributed by atoms with Crippen LogP contribution in [0.4, 0.5) is 0 Å². The molecule has 0 aliphatic carbocycles. The summed E-state index contributed by atoms with van der Waals surface area (Å²) in [5.74, 6) is 1.74. The molecular formula is C23H22N2OS2. The summed E-state index contributed by atoms with van der Waals surface area (Å²) < 4.78 is 3.83. The van der Waals surface area contributed by atoms with Crippen LogP contribution in [0.1, 0.15) is 0 Å². The number of fused-ring (bicyclic) bond motifs is 1. The van der Waals surface area contributed by atoms with Gasteiger partial charge >= 0.3 is 5.69 Å². The number of benzene rings is 3. The van der Waals surface area contributed by atoms with Crippen molar-refractivity contribution in [1.82, 2.24) is 9.13 Å². The summed E-state index contributed by atoms with van der Waals surface area (Å²) in [6.45, 7) is 1.41. The van der Waals surface area contributed by atoms with Gasteiger partial charge in [0.1, 0.15) is 0 Å². The standard InChI is InChI=1S/C23H22N2OS2/c26-23-24(15-17-27-19-9-3-1-4-10-19)21-13-7-8-14-22(21)25(23)16-18-28-20-11-5-2-6-12-20/h1-14H,15-18H2. The average molecular weight is 407 g/mol. The van der Waals surface area contributed by atoms with Crippen LogP contribution >= 0.6 is 23.5 Å². The number of aromatic nitrogens is 2. The minimum Gasteiger partial charge on any atom is -0.291 e. The Kier molecular flexibility index (Phi) is 6.24. The third kappa shape index (κ3) is 4.37. The molecule has 4 rings (SSSR count). The molecule has 142 valence electrons. The molecule has 1 heterocycles. The first-order chi connectivity index (χ1) is 13.8. The van der Waals surface area contributed by atoms with Crippen molar-refractivity contribution in [1.29, 1.82) is 0 Å². The monoisotopic (exact) mass is 406 g/mol. The van der Waals surface area contributed by atoms with Crippen LogP contribution < -0.4 is 5.69 Å². The van der Waals surface area contributed by atoms with Crippen molar-refractivity contribution in [2.24, 2.45) is 0 Å². The summed E-state index contributed by atoms with van der Waals surface area (Å²) in [4.78, 5) is 15.6. The lowest BCUT2D eigenvalue weighted by Crippen LogP contribution is -2.25. The summed E-state index contributed by atoms with van der Waals surface area (Å²) in [6.07, 6.45) is 0. The van der Waals surface area contributed by atoms with Gasteiger partial charge in [-0.1, -0.05) is 48.5 Å². The molecule has 4 aromatic rings. The Balaban J connectivity index is 1.49. The molecule has 0 amide bonds. The summed E-state index contributed by atoms with van der Waals surface area (Å²) >= 11 is 3.57. The number of rotatable bonds is 8. The molecular weight excluding hydrogens is 384 g/mol. The number of thioether (sulfide) groups is 2. The van der Waals surface area contributed by atoms with Gasteiger partial charge in [-0.25, -0.2) is 4.79 Å². The number of para-hydroxylation sites is 2. The Labute approximate surface area is 173 Å². The molecule has 0 bridgehead atoms. The minimum absolute atomic E-state index is 0.0866. The number of hydrogen-bond acceptors (Lipinski definition) is 3. The summed E-state index contributed by atoms with van der Waals surface area (Å²) in [6, 6.07) is 28.8. The van der Waals surface area contributed by atoms with E-state index in [9.17, 15) is 4.79 Å². The zero-order valence-corrected chi connectivity index (χ0v) is 17.2. The first-order valence-electron chi connectivity index (χ1n) is 9.37. The van der Waals surface area contributed by atoms with Crippen LogP contribution in [0.25, 0.3) is 11.0 Å². The lowest BCUT2D eigenvalue weighted by atomic mass is 10.3. The molecule has 0 atom stereocenters. The van der Waals surface area contributed by atoms with E-state index in [-0.39, 0.29) is 5.69 Å².